The summed E-state index contributed by atoms with van der Waals surface area (Å²) in [7, 11) is 2.11. The van der Waals surface area contributed by atoms with Gasteiger partial charge in [-0.15, -0.1) is 0 Å². The van der Waals surface area contributed by atoms with Gasteiger partial charge in [-0.05, 0) is 42.7 Å². The summed E-state index contributed by atoms with van der Waals surface area (Å²) in [5.74, 6) is 0.0904. The first-order valence-corrected chi connectivity index (χ1v) is 5.19. The van der Waals surface area contributed by atoms with Crippen molar-refractivity contribution in [2.75, 3.05) is 18.5 Å². The molecule has 0 radical (unpaired) electrons. The molecular formula is C13H15NO. The second kappa shape index (κ2) is 3.89. The number of nitrogens with zero attached hydrogens (tertiary/aromatic N) is 1. The van der Waals surface area contributed by atoms with Gasteiger partial charge in [0.1, 0.15) is 0 Å². The minimum Gasteiger partial charge on any atom is -0.374 e. The molecule has 0 unspecified atom stereocenters. The van der Waals surface area contributed by atoms with Gasteiger partial charge in [-0.3, -0.25) is 4.79 Å². The van der Waals surface area contributed by atoms with E-state index in [0.29, 0.717) is 0 Å². The fourth-order valence-corrected chi connectivity index (χ4v) is 1.90. The molecule has 2 rings (SSSR count). The molecule has 1 aliphatic heterocycles. The van der Waals surface area contributed by atoms with Gasteiger partial charge in [0.25, 0.3) is 0 Å². The lowest BCUT2D eigenvalue weighted by Crippen LogP contribution is -2.12. The minimum absolute atomic E-state index is 0.0904. The standard InChI is InChI=1S/C13H15NO/c1-10(15)3-4-11-5-6-13-12(9-11)7-8-14(13)2/h3-6,9H,7-8H2,1-2H3. The Morgan fingerprint density at radius 1 is 1.47 bits per heavy atom. The number of anilines is 1. The third kappa shape index (κ3) is 2.09. The van der Waals surface area contributed by atoms with E-state index in [-0.39, 0.29) is 5.78 Å². The van der Waals surface area contributed by atoms with Gasteiger partial charge in [-0.2, -0.15) is 0 Å². The van der Waals surface area contributed by atoms with E-state index in [1.165, 1.54) is 11.3 Å². The summed E-state index contributed by atoms with van der Waals surface area (Å²) in [6.07, 6.45) is 4.59. The van der Waals surface area contributed by atoms with Crippen LogP contribution in [0.1, 0.15) is 18.1 Å². The monoisotopic (exact) mass is 201 g/mol. The maximum Gasteiger partial charge on any atom is 0.152 e. The van der Waals surface area contributed by atoms with Gasteiger partial charge >= 0.3 is 0 Å². The van der Waals surface area contributed by atoms with Crippen LogP contribution >= 0.6 is 0 Å². The maximum absolute atomic E-state index is 10.8. The van der Waals surface area contributed by atoms with Crippen LogP contribution in [0.25, 0.3) is 6.08 Å². The predicted octanol–water partition coefficient (Wildman–Crippen LogP) is 2.28. The van der Waals surface area contributed by atoms with Crippen molar-refractivity contribution in [2.24, 2.45) is 0 Å². The van der Waals surface area contributed by atoms with Crippen LogP contribution in [-0.2, 0) is 11.2 Å². The largest absolute Gasteiger partial charge is 0.374 e. The molecule has 15 heavy (non-hydrogen) atoms. The summed E-state index contributed by atoms with van der Waals surface area (Å²) < 4.78 is 0. The molecule has 0 aliphatic carbocycles. The molecule has 0 fully saturated rings. The lowest BCUT2D eigenvalue weighted by molar-refractivity contribution is -0.112. The first-order chi connectivity index (χ1) is 7.16. The molecular weight excluding hydrogens is 186 g/mol. The Hall–Kier alpha value is -1.57. The number of rotatable bonds is 2. The number of allylic oxidation sites excluding steroid dienone is 1. The van der Waals surface area contributed by atoms with Crippen molar-refractivity contribution in [3.8, 4) is 0 Å². The van der Waals surface area contributed by atoms with Crippen LogP contribution in [0.3, 0.4) is 0 Å². The number of fused-ring (bicyclic) bond motifs is 1. The zero-order chi connectivity index (χ0) is 10.8. The van der Waals surface area contributed by atoms with Gasteiger partial charge < -0.3 is 4.90 Å². The molecule has 0 saturated heterocycles. The number of carbonyl (C=O) groups is 1. The first kappa shape index (κ1) is 9.97. The average Bonchev–Trinajstić information content (AvgIpc) is 2.57. The van der Waals surface area contributed by atoms with Crippen LogP contribution in [-0.4, -0.2) is 19.4 Å². The zero-order valence-corrected chi connectivity index (χ0v) is 9.16. The lowest BCUT2D eigenvalue weighted by atomic mass is 10.1. The number of likely N-dealkylation sites (N-methyl/N-ethyl adjacent to an activating group) is 1. The fourth-order valence-electron chi connectivity index (χ4n) is 1.90. The predicted molar refractivity (Wildman–Crippen MR) is 63.1 cm³/mol. The third-order valence-electron chi connectivity index (χ3n) is 2.74. The smallest absolute Gasteiger partial charge is 0.152 e. The second-order valence-corrected chi connectivity index (χ2v) is 4.00. The summed E-state index contributed by atoms with van der Waals surface area (Å²) in [5.41, 5.74) is 3.80. The zero-order valence-electron chi connectivity index (χ0n) is 9.16. The molecule has 1 aromatic rings. The molecule has 0 spiro atoms. The van der Waals surface area contributed by atoms with Crippen molar-refractivity contribution in [3.63, 3.8) is 0 Å². The van der Waals surface area contributed by atoms with Crippen molar-refractivity contribution >= 4 is 17.5 Å². The van der Waals surface area contributed by atoms with Crippen molar-refractivity contribution in [3.05, 3.63) is 35.4 Å². The van der Waals surface area contributed by atoms with Gasteiger partial charge in [0, 0.05) is 19.3 Å². The summed E-state index contributed by atoms with van der Waals surface area (Å²) >= 11 is 0. The lowest BCUT2D eigenvalue weighted by Gasteiger charge is -2.11. The molecule has 2 nitrogen and oxygen atoms in total. The highest BCUT2D eigenvalue weighted by atomic mass is 16.1. The Kier molecular flexibility index (Phi) is 2.58. The number of hydrogen-bond donors (Lipinski definition) is 0. The van der Waals surface area contributed by atoms with Crippen molar-refractivity contribution in [1.29, 1.82) is 0 Å². The van der Waals surface area contributed by atoms with Gasteiger partial charge in [0.15, 0.2) is 5.78 Å². The quantitative estimate of drug-likeness (QED) is 0.684. The third-order valence-corrected chi connectivity index (χ3v) is 2.74. The van der Waals surface area contributed by atoms with E-state index < -0.39 is 0 Å². The fraction of sp³-hybridized carbons (Fsp3) is 0.308. The second-order valence-electron chi connectivity index (χ2n) is 4.00. The van der Waals surface area contributed by atoms with Crippen molar-refractivity contribution in [1.82, 2.24) is 0 Å². The Labute approximate surface area is 90.2 Å². The highest BCUT2D eigenvalue weighted by Crippen LogP contribution is 2.27. The maximum atomic E-state index is 10.8. The molecule has 0 aromatic heterocycles. The molecule has 2 heteroatoms. The number of benzene rings is 1. The van der Waals surface area contributed by atoms with Crippen LogP contribution in [0.15, 0.2) is 24.3 Å². The van der Waals surface area contributed by atoms with Gasteiger partial charge in [0.2, 0.25) is 0 Å². The van der Waals surface area contributed by atoms with Crippen molar-refractivity contribution < 1.29 is 4.79 Å². The molecule has 0 amide bonds. The summed E-state index contributed by atoms with van der Waals surface area (Å²) in [6.45, 7) is 2.66. The number of hydrogen-bond acceptors (Lipinski definition) is 2. The highest BCUT2D eigenvalue weighted by molar-refractivity contribution is 5.91. The Morgan fingerprint density at radius 2 is 2.27 bits per heavy atom. The first-order valence-electron chi connectivity index (χ1n) is 5.19. The topological polar surface area (TPSA) is 20.3 Å². The van der Waals surface area contributed by atoms with Gasteiger partial charge in [-0.25, -0.2) is 0 Å². The number of carbonyl (C=O) groups excluding carboxylic acids is 1. The van der Waals surface area contributed by atoms with E-state index in [4.69, 9.17) is 0 Å². The molecule has 0 bridgehead atoms. The van der Waals surface area contributed by atoms with Crippen LogP contribution in [0.4, 0.5) is 5.69 Å². The van der Waals surface area contributed by atoms with E-state index in [9.17, 15) is 4.79 Å². The highest BCUT2D eigenvalue weighted by Gasteiger charge is 2.14. The molecule has 1 heterocycles. The molecule has 1 aliphatic rings. The number of ketones is 1. The van der Waals surface area contributed by atoms with E-state index >= 15 is 0 Å². The molecule has 78 valence electrons. The van der Waals surface area contributed by atoms with E-state index in [1.54, 1.807) is 13.0 Å². The van der Waals surface area contributed by atoms with Gasteiger partial charge in [0.05, 0.1) is 0 Å². The van der Waals surface area contributed by atoms with Crippen LogP contribution in [0, 0.1) is 0 Å². The van der Waals surface area contributed by atoms with Gasteiger partial charge in [-0.1, -0.05) is 12.1 Å². The van der Waals surface area contributed by atoms with E-state index in [2.05, 4.69) is 30.1 Å². The molecule has 0 N–H and O–H groups in total. The molecule has 0 saturated carbocycles. The Balaban J connectivity index is 2.27. The van der Waals surface area contributed by atoms with Crippen LogP contribution in [0.5, 0.6) is 0 Å². The SMILES string of the molecule is CC(=O)C=Cc1ccc2c(c1)CCN2C. The van der Waals surface area contributed by atoms with Crippen LogP contribution < -0.4 is 4.90 Å². The average molecular weight is 201 g/mol. The Morgan fingerprint density at radius 3 is 3.00 bits per heavy atom. The van der Waals surface area contributed by atoms with Crippen molar-refractivity contribution in [2.45, 2.75) is 13.3 Å². The summed E-state index contributed by atoms with van der Waals surface area (Å²) in [4.78, 5) is 13.1. The minimum atomic E-state index is 0.0904. The van der Waals surface area contributed by atoms with E-state index in [1.807, 2.05) is 6.08 Å². The van der Waals surface area contributed by atoms with Crippen LogP contribution in [0.2, 0.25) is 0 Å². The summed E-state index contributed by atoms with van der Waals surface area (Å²) in [6, 6.07) is 6.35. The molecule has 0 atom stereocenters. The summed E-state index contributed by atoms with van der Waals surface area (Å²) in [5, 5.41) is 0. The normalized spacial score (nSPS) is 14.7. The molecule has 1 aromatic carbocycles. The van der Waals surface area contributed by atoms with E-state index in [0.717, 1.165) is 18.5 Å². The Bertz CT molecular complexity index is 421.